The molecule has 3 aromatic rings. The second kappa shape index (κ2) is 8.56. The number of fused-ring (bicyclic) bond motifs is 1. The van der Waals surface area contributed by atoms with E-state index in [1.54, 1.807) is 12.1 Å². The highest BCUT2D eigenvalue weighted by atomic mass is 16.6. The second-order valence-corrected chi connectivity index (χ2v) is 6.47. The van der Waals surface area contributed by atoms with Gasteiger partial charge in [0.05, 0.1) is 0 Å². The van der Waals surface area contributed by atoms with Crippen LogP contribution in [0.15, 0.2) is 60.7 Å². The van der Waals surface area contributed by atoms with Gasteiger partial charge in [-0.2, -0.15) is 0 Å². The summed E-state index contributed by atoms with van der Waals surface area (Å²) >= 11 is 0. The number of aliphatic hydroxyl groups is 1. The van der Waals surface area contributed by atoms with Crippen molar-refractivity contribution in [2.24, 2.45) is 0 Å². The minimum atomic E-state index is -0.557. The van der Waals surface area contributed by atoms with Crippen LogP contribution in [-0.2, 0) is 4.74 Å². The number of phenols is 1. The van der Waals surface area contributed by atoms with E-state index >= 15 is 0 Å². The molecule has 3 rings (SSSR count). The number of nitrogens with one attached hydrogen (secondary N) is 1. The molecule has 1 atom stereocenters. The summed E-state index contributed by atoms with van der Waals surface area (Å²) in [7, 11) is 0. The molecule has 0 saturated carbocycles. The number of carbonyl (C=O) groups excluding carboxylic acids is 1. The van der Waals surface area contributed by atoms with Crippen molar-refractivity contribution in [2.45, 2.75) is 25.9 Å². The Morgan fingerprint density at radius 2 is 1.74 bits per heavy atom. The van der Waals surface area contributed by atoms with Gasteiger partial charge in [0.2, 0.25) is 0 Å². The third kappa shape index (κ3) is 4.57. The van der Waals surface area contributed by atoms with Crippen molar-refractivity contribution < 1.29 is 19.7 Å². The van der Waals surface area contributed by atoms with E-state index < -0.39 is 12.2 Å². The SMILES string of the molecule is Cc1ccc(NC(=O)O[C@@H](CCCO)c2ccc(O)c3ccccc23)cc1. The van der Waals surface area contributed by atoms with Gasteiger partial charge in [0, 0.05) is 23.2 Å². The Balaban J connectivity index is 1.85. The first-order valence-electron chi connectivity index (χ1n) is 8.94. The van der Waals surface area contributed by atoms with Crippen LogP contribution < -0.4 is 5.32 Å². The van der Waals surface area contributed by atoms with E-state index in [1.807, 2.05) is 55.5 Å². The summed E-state index contributed by atoms with van der Waals surface area (Å²) in [4.78, 5) is 12.4. The fourth-order valence-electron chi connectivity index (χ4n) is 3.06. The number of phenolic OH excluding ortho intramolecular Hbond substituents is 1. The minimum Gasteiger partial charge on any atom is -0.507 e. The van der Waals surface area contributed by atoms with Gasteiger partial charge in [-0.05, 0) is 43.4 Å². The van der Waals surface area contributed by atoms with Crippen LogP contribution in [0, 0.1) is 6.92 Å². The van der Waals surface area contributed by atoms with Crippen molar-refractivity contribution in [1.82, 2.24) is 0 Å². The Morgan fingerprint density at radius 3 is 2.44 bits per heavy atom. The zero-order valence-corrected chi connectivity index (χ0v) is 15.2. The van der Waals surface area contributed by atoms with Crippen LogP contribution in [0.25, 0.3) is 10.8 Å². The fourth-order valence-corrected chi connectivity index (χ4v) is 3.06. The minimum absolute atomic E-state index is 0.00938. The summed E-state index contributed by atoms with van der Waals surface area (Å²) < 4.78 is 5.68. The van der Waals surface area contributed by atoms with Crippen LogP contribution in [0.5, 0.6) is 5.75 Å². The van der Waals surface area contributed by atoms with Gasteiger partial charge in [0.25, 0.3) is 0 Å². The topological polar surface area (TPSA) is 78.8 Å². The van der Waals surface area contributed by atoms with E-state index in [4.69, 9.17) is 4.74 Å². The summed E-state index contributed by atoms with van der Waals surface area (Å²) in [5.41, 5.74) is 2.56. The summed E-state index contributed by atoms with van der Waals surface area (Å²) in [5, 5.41) is 23.6. The molecule has 0 heterocycles. The van der Waals surface area contributed by atoms with Crippen LogP contribution >= 0.6 is 0 Å². The average Bonchev–Trinajstić information content (AvgIpc) is 2.68. The Morgan fingerprint density at radius 1 is 1.04 bits per heavy atom. The summed E-state index contributed by atoms with van der Waals surface area (Å²) in [6, 6.07) is 18.2. The standard InChI is InChI=1S/C22H23NO4/c1-15-8-10-16(11-9-15)23-22(26)27-21(7-4-14-24)19-12-13-20(25)18-6-3-2-5-17(18)19/h2-3,5-6,8-13,21,24-25H,4,7,14H2,1H3,(H,23,26)/t21-/m0/s1. The molecular formula is C22H23NO4. The molecule has 27 heavy (non-hydrogen) atoms. The Hall–Kier alpha value is -3.05. The monoisotopic (exact) mass is 365 g/mol. The summed E-state index contributed by atoms with van der Waals surface area (Å²) in [6.07, 6.45) is -0.114. The largest absolute Gasteiger partial charge is 0.507 e. The molecule has 5 nitrogen and oxygen atoms in total. The van der Waals surface area contributed by atoms with Gasteiger partial charge < -0.3 is 14.9 Å². The van der Waals surface area contributed by atoms with E-state index in [1.165, 1.54) is 0 Å². The van der Waals surface area contributed by atoms with E-state index in [0.29, 0.717) is 23.9 Å². The number of carbonyl (C=O) groups is 1. The van der Waals surface area contributed by atoms with Gasteiger partial charge in [0.15, 0.2) is 0 Å². The maximum Gasteiger partial charge on any atom is 0.412 e. The van der Waals surface area contributed by atoms with Crippen LogP contribution in [-0.4, -0.2) is 22.9 Å². The van der Waals surface area contributed by atoms with Crippen molar-refractivity contribution in [1.29, 1.82) is 0 Å². The number of aromatic hydroxyl groups is 1. The fraction of sp³-hybridized carbons (Fsp3) is 0.227. The molecule has 0 saturated heterocycles. The zero-order valence-electron chi connectivity index (χ0n) is 15.2. The lowest BCUT2D eigenvalue weighted by atomic mass is 9.97. The van der Waals surface area contributed by atoms with Crippen molar-refractivity contribution in [3.8, 4) is 5.75 Å². The molecule has 5 heteroatoms. The third-order valence-corrected chi connectivity index (χ3v) is 4.45. The molecule has 0 fully saturated rings. The molecule has 0 aliphatic carbocycles. The van der Waals surface area contributed by atoms with Crippen molar-refractivity contribution in [3.05, 3.63) is 71.8 Å². The molecule has 0 unspecified atom stereocenters. The van der Waals surface area contributed by atoms with Gasteiger partial charge in [0.1, 0.15) is 11.9 Å². The third-order valence-electron chi connectivity index (χ3n) is 4.45. The maximum atomic E-state index is 12.4. The number of aryl methyl sites for hydroxylation is 1. The van der Waals surface area contributed by atoms with Gasteiger partial charge in [-0.25, -0.2) is 4.79 Å². The zero-order chi connectivity index (χ0) is 19.2. The quantitative estimate of drug-likeness (QED) is 0.579. The molecule has 0 aromatic heterocycles. The normalized spacial score (nSPS) is 11.9. The highest BCUT2D eigenvalue weighted by Gasteiger charge is 2.20. The number of benzene rings is 3. The Labute approximate surface area is 158 Å². The van der Waals surface area contributed by atoms with Gasteiger partial charge in [-0.3, -0.25) is 5.32 Å². The number of anilines is 1. The van der Waals surface area contributed by atoms with Crippen LogP contribution in [0.3, 0.4) is 0 Å². The molecule has 0 radical (unpaired) electrons. The molecule has 1 amide bonds. The van der Waals surface area contributed by atoms with Crippen molar-refractivity contribution in [2.75, 3.05) is 11.9 Å². The predicted molar refractivity (Wildman–Crippen MR) is 106 cm³/mol. The number of hydrogen-bond donors (Lipinski definition) is 3. The van der Waals surface area contributed by atoms with E-state index in [9.17, 15) is 15.0 Å². The highest BCUT2D eigenvalue weighted by molar-refractivity contribution is 5.91. The lowest BCUT2D eigenvalue weighted by molar-refractivity contribution is 0.100. The lowest BCUT2D eigenvalue weighted by Crippen LogP contribution is -2.18. The smallest absolute Gasteiger partial charge is 0.412 e. The number of ether oxygens (including phenoxy) is 1. The number of amides is 1. The van der Waals surface area contributed by atoms with Crippen molar-refractivity contribution in [3.63, 3.8) is 0 Å². The summed E-state index contributed by atoms with van der Waals surface area (Å²) in [6.45, 7) is 1.98. The first kappa shape index (κ1) is 18.7. The first-order chi connectivity index (χ1) is 13.1. The second-order valence-electron chi connectivity index (χ2n) is 6.47. The Bertz CT molecular complexity index is 921. The van der Waals surface area contributed by atoms with Crippen LogP contribution in [0.1, 0.15) is 30.1 Å². The molecule has 3 N–H and O–H groups in total. The molecule has 0 aliphatic heterocycles. The Kier molecular flexibility index (Phi) is 5.94. The molecule has 0 spiro atoms. The average molecular weight is 365 g/mol. The molecule has 3 aromatic carbocycles. The summed E-state index contributed by atoms with van der Waals surface area (Å²) in [5.74, 6) is 0.180. The molecular weight excluding hydrogens is 342 g/mol. The number of aliphatic hydroxyl groups excluding tert-OH is 1. The van der Waals surface area contributed by atoms with Crippen LogP contribution in [0.4, 0.5) is 10.5 Å². The maximum absolute atomic E-state index is 12.4. The first-order valence-corrected chi connectivity index (χ1v) is 8.94. The van der Waals surface area contributed by atoms with Crippen LogP contribution in [0.2, 0.25) is 0 Å². The molecule has 140 valence electrons. The lowest BCUT2D eigenvalue weighted by Gasteiger charge is -2.20. The predicted octanol–water partition coefficient (Wildman–Crippen LogP) is 4.92. The number of hydrogen-bond acceptors (Lipinski definition) is 4. The van der Waals surface area contributed by atoms with E-state index in [2.05, 4.69) is 5.32 Å². The van der Waals surface area contributed by atoms with Gasteiger partial charge in [-0.15, -0.1) is 0 Å². The molecule has 0 aliphatic rings. The van der Waals surface area contributed by atoms with E-state index in [-0.39, 0.29) is 12.4 Å². The highest BCUT2D eigenvalue weighted by Crippen LogP contribution is 2.34. The number of rotatable bonds is 6. The van der Waals surface area contributed by atoms with Gasteiger partial charge in [-0.1, -0.05) is 48.0 Å². The van der Waals surface area contributed by atoms with Gasteiger partial charge >= 0.3 is 6.09 Å². The van der Waals surface area contributed by atoms with Crippen molar-refractivity contribution >= 4 is 22.6 Å². The van der Waals surface area contributed by atoms with E-state index in [0.717, 1.165) is 16.5 Å². The molecule has 0 bridgehead atoms.